The minimum absolute atomic E-state index is 0.0327. The third-order valence-electron chi connectivity index (χ3n) is 3.62. The van der Waals surface area contributed by atoms with Crippen molar-refractivity contribution >= 4 is 33.2 Å². The van der Waals surface area contributed by atoms with Gasteiger partial charge >= 0.3 is 0 Å². The summed E-state index contributed by atoms with van der Waals surface area (Å²) in [4.78, 5) is 12.0. The molecule has 9 heteroatoms. The van der Waals surface area contributed by atoms with E-state index in [0.29, 0.717) is 35.4 Å². The third kappa shape index (κ3) is 4.46. The van der Waals surface area contributed by atoms with E-state index in [-0.39, 0.29) is 23.8 Å². The van der Waals surface area contributed by atoms with Gasteiger partial charge in [0.2, 0.25) is 15.9 Å². The standard InChI is InChI=1S/C17H17ClN2O5S/c18-13-3-1-2-4-14(13)20-17(21)7-8-19-26(22,23)12-5-6-15-16(11-12)25-10-9-24-15/h1-6,11,19H,7-10H2,(H,20,21). The second-order valence-electron chi connectivity index (χ2n) is 5.48. The molecule has 0 radical (unpaired) electrons. The number of carbonyl (C=O) groups is 1. The first-order valence-corrected chi connectivity index (χ1v) is 9.75. The molecule has 3 rings (SSSR count). The maximum absolute atomic E-state index is 12.4. The molecular weight excluding hydrogens is 380 g/mol. The lowest BCUT2D eigenvalue weighted by Crippen LogP contribution is -2.28. The van der Waals surface area contributed by atoms with Crippen molar-refractivity contribution < 1.29 is 22.7 Å². The largest absolute Gasteiger partial charge is 0.486 e. The Hall–Kier alpha value is -2.29. The minimum atomic E-state index is -3.76. The number of sulfonamides is 1. The zero-order valence-electron chi connectivity index (χ0n) is 13.7. The van der Waals surface area contributed by atoms with Gasteiger partial charge in [-0.2, -0.15) is 0 Å². The normalized spacial score (nSPS) is 13.3. The molecule has 0 unspecified atom stereocenters. The Labute approximate surface area is 156 Å². The van der Waals surface area contributed by atoms with Crippen LogP contribution in [-0.4, -0.2) is 34.1 Å². The molecule has 0 aromatic heterocycles. The topological polar surface area (TPSA) is 93.7 Å². The van der Waals surface area contributed by atoms with Crippen LogP contribution >= 0.6 is 11.6 Å². The van der Waals surface area contributed by atoms with Crippen molar-refractivity contribution in [2.24, 2.45) is 0 Å². The Morgan fingerprint density at radius 3 is 2.58 bits per heavy atom. The summed E-state index contributed by atoms with van der Waals surface area (Å²) in [6.07, 6.45) is -0.0327. The molecule has 0 bridgehead atoms. The lowest BCUT2D eigenvalue weighted by molar-refractivity contribution is -0.116. The van der Waals surface area contributed by atoms with E-state index in [9.17, 15) is 13.2 Å². The number of ether oxygens (including phenoxy) is 2. The van der Waals surface area contributed by atoms with Crippen LogP contribution in [0.4, 0.5) is 5.69 Å². The fourth-order valence-electron chi connectivity index (χ4n) is 2.35. The highest BCUT2D eigenvalue weighted by molar-refractivity contribution is 7.89. The summed E-state index contributed by atoms with van der Waals surface area (Å²) < 4.78 is 37.9. The number of nitrogens with one attached hydrogen (secondary N) is 2. The molecule has 7 nitrogen and oxygen atoms in total. The maximum Gasteiger partial charge on any atom is 0.240 e. The molecule has 0 fully saturated rings. The molecule has 2 aromatic rings. The number of benzene rings is 2. The van der Waals surface area contributed by atoms with Crippen LogP contribution in [0, 0.1) is 0 Å². The monoisotopic (exact) mass is 396 g/mol. The van der Waals surface area contributed by atoms with Crippen LogP contribution in [0.1, 0.15) is 6.42 Å². The molecule has 2 N–H and O–H groups in total. The van der Waals surface area contributed by atoms with Crippen molar-refractivity contribution in [2.75, 3.05) is 25.1 Å². The molecule has 1 aliphatic heterocycles. The predicted molar refractivity (Wildman–Crippen MR) is 97.3 cm³/mol. The first kappa shape index (κ1) is 18.5. The van der Waals surface area contributed by atoms with E-state index in [1.165, 1.54) is 12.1 Å². The quantitative estimate of drug-likeness (QED) is 0.782. The summed E-state index contributed by atoms with van der Waals surface area (Å²) in [5, 5.41) is 3.05. The fraction of sp³-hybridized carbons (Fsp3) is 0.235. The Morgan fingerprint density at radius 1 is 1.08 bits per heavy atom. The Balaban J connectivity index is 1.57. The number of fused-ring (bicyclic) bond motifs is 1. The van der Waals surface area contributed by atoms with Gasteiger partial charge in [-0.15, -0.1) is 0 Å². The van der Waals surface area contributed by atoms with E-state index in [4.69, 9.17) is 21.1 Å². The van der Waals surface area contributed by atoms with Gasteiger partial charge in [0.25, 0.3) is 0 Å². The molecule has 26 heavy (non-hydrogen) atoms. The number of anilines is 1. The van der Waals surface area contributed by atoms with Gasteiger partial charge in [0.05, 0.1) is 15.6 Å². The highest BCUT2D eigenvalue weighted by Crippen LogP contribution is 2.32. The molecule has 0 saturated heterocycles. The van der Waals surface area contributed by atoms with Gasteiger partial charge in [-0.05, 0) is 24.3 Å². The summed E-state index contributed by atoms with van der Waals surface area (Å²) in [6, 6.07) is 11.2. The number of hydrogen-bond acceptors (Lipinski definition) is 5. The number of para-hydroxylation sites is 1. The van der Waals surface area contributed by atoms with Crippen LogP contribution in [0.3, 0.4) is 0 Å². The molecule has 1 aliphatic rings. The lowest BCUT2D eigenvalue weighted by Gasteiger charge is -2.18. The van der Waals surface area contributed by atoms with Crippen molar-refractivity contribution in [1.29, 1.82) is 0 Å². The van der Waals surface area contributed by atoms with Gasteiger partial charge in [0.1, 0.15) is 13.2 Å². The second kappa shape index (κ2) is 7.94. The fourth-order valence-corrected chi connectivity index (χ4v) is 3.58. The Bertz CT molecular complexity index is 917. The minimum Gasteiger partial charge on any atom is -0.486 e. The van der Waals surface area contributed by atoms with Gasteiger partial charge in [-0.25, -0.2) is 13.1 Å². The zero-order chi connectivity index (χ0) is 18.6. The number of carbonyl (C=O) groups excluding carboxylic acids is 1. The number of rotatable bonds is 6. The Kier molecular flexibility index (Phi) is 5.65. The van der Waals surface area contributed by atoms with Gasteiger partial charge < -0.3 is 14.8 Å². The molecule has 0 aliphatic carbocycles. The molecule has 0 spiro atoms. The second-order valence-corrected chi connectivity index (χ2v) is 7.66. The third-order valence-corrected chi connectivity index (χ3v) is 5.40. The van der Waals surface area contributed by atoms with Crippen LogP contribution in [0.5, 0.6) is 11.5 Å². The van der Waals surface area contributed by atoms with E-state index in [2.05, 4.69) is 10.0 Å². The van der Waals surface area contributed by atoms with Crippen LogP contribution < -0.4 is 19.5 Å². The van der Waals surface area contributed by atoms with Gasteiger partial charge in [-0.1, -0.05) is 23.7 Å². The summed E-state index contributed by atoms with van der Waals surface area (Å²) >= 11 is 5.96. The predicted octanol–water partition coefficient (Wildman–Crippen LogP) is 2.42. The molecule has 2 aromatic carbocycles. The average Bonchev–Trinajstić information content (AvgIpc) is 2.63. The molecular formula is C17H17ClN2O5S. The summed E-state index contributed by atoms with van der Waals surface area (Å²) in [6.45, 7) is 0.747. The van der Waals surface area contributed by atoms with Crippen LogP contribution in [0.15, 0.2) is 47.4 Å². The van der Waals surface area contributed by atoms with E-state index in [1.807, 2.05) is 0 Å². The van der Waals surface area contributed by atoms with E-state index in [0.717, 1.165) is 0 Å². The number of halogens is 1. The van der Waals surface area contributed by atoms with Crippen LogP contribution in [0.25, 0.3) is 0 Å². The lowest BCUT2D eigenvalue weighted by atomic mass is 10.3. The van der Waals surface area contributed by atoms with Crippen molar-refractivity contribution in [3.8, 4) is 11.5 Å². The van der Waals surface area contributed by atoms with Gasteiger partial charge in [-0.3, -0.25) is 4.79 Å². The van der Waals surface area contributed by atoms with Crippen molar-refractivity contribution in [2.45, 2.75) is 11.3 Å². The van der Waals surface area contributed by atoms with Gasteiger partial charge in [0.15, 0.2) is 11.5 Å². The highest BCUT2D eigenvalue weighted by atomic mass is 35.5. The first-order valence-electron chi connectivity index (χ1n) is 7.89. The Morgan fingerprint density at radius 2 is 1.81 bits per heavy atom. The molecule has 0 atom stereocenters. The zero-order valence-corrected chi connectivity index (χ0v) is 15.3. The van der Waals surface area contributed by atoms with Crippen LogP contribution in [0.2, 0.25) is 5.02 Å². The maximum atomic E-state index is 12.4. The first-order chi connectivity index (χ1) is 12.5. The average molecular weight is 397 g/mol. The molecule has 1 amide bonds. The van der Waals surface area contributed by atoms with Crippen molar-refractivity contribution in [3.63, 3.8) is 0 Å². The van der Waals surface area contributed by atoms with Crippen LogP contribution in [-0.2, 0) is 14.8 Å². The molecule has 0 saturated carbocycles. The highest BCUT2D eigenvalue weighted by Gasteiger charge is 2.19. The molecule has 1 heterocycles. The summed E-state index contributed by atoms with van der Waals surface area (Å²) in [5.41, 5.74) is 0.480. The smallest absolute Gasteiger partial charge is 0.240 e. The number of hydrogen-bond donors (Lipinski definition) is 2. The molecule has 138 valence electrons. The number of amides is 1. The van der Waals surface area contributed by atoms with E-state index >= 15 is 0 Å². The van der Waals surface area contributed by atoms with E-state index in [1.54, 1.807) is 30.3 Å². The SMILES string of the molecule is O=C(CCNS(=O)(=O)c1ccc2c(c1)OCCO2)Nc1ccccc1Cl. The summed E-state index contributed by atoms with van der Waals surface area (Å²) in [7, 11) is -3.76. The van der Waals surface area contributed by atoms with Crippen molar-refractivity contribution in [3.05, 3.63) is 47.5 Å². The summed E-state index contributed by atoms with van der Waals surface area (Å²) in [5.74, 6) is 0.549. The van der Waals surface area contributed by atoms with Gasteiger partial charge in [0, 0.05) is 19.0 Å². The van der Waals surface area contributed by atoms with E-state index < -0.39 is 10.0 Å². The van der Waals surface area contributed by atoms with Crippen molar-refractivity contribution in [1.82, 2.24) is 4.72 Å².